The van der Waals surface area contributed by atoms with Gasteiger partial charge in [-0.15, -0.1) is 11.3 Å². The van der Waals surface area contributed by atoms with Gasteiger partial charge in [-0.3, -0.25) is 15.0 Å². The van der Waals surface area contributed by atoms with E-state index in [9.17, 15) is 13.2 Å². The lowest BCUT2D eigenvalue weighted by Gasteiger charge is -2.34. The standard InChI is InChI=1S/C19H25N3O3S2/c1-13-8-14(2)10-22(9-13)11-16-12-26-19(20-16)21-18(23)15-4-6-17(7-5-15)27(3,24)25/h4-7,12-14H,8-11H2,1-3H3,(H,20,21,23). The van der Waals surface area contributed by atoms with Crippen molar-refractivity contribution in [2.45, 2.75) is 31.7 Å². The smallest absolute Gasteiger partial charge is 0.257 e. The lowest BCUT2D eigenvalue weighted by Crippen LogP contribution is -2.38. The summed E-state index contributed by atoms with van der Waals surface area (Å²) in [5.41, 5.74) is 1.36. The molecule has 2 unspecified atom stereocenters. The van der Waals surface area contributed by atoms with E-state index in [1.807, 2.05) is 5.38 Å². The second-order valence-electron chi connectivity index (χ2n) is 7.53. The Kier molecular flexibility index (Phi) is 5.98. The molecule has 1 aliphatic rings. The molecule has 1 fully saturated rings. The van der Waals surface area contributed by atoms with Crippen molar-refractivity contribution in [2.75, 3.05) is 24.7 Å². The summed E-state index contributed by atoms with van der Waals surface area (Å²) in [5.74, 6) is 1.10. The summed E-state index contributed by atoms with van der Waals surface area (Å²) in [6, 6.07) is 5.90. The first kappa shape index (κ1) is 20.0. The molecular formula is C19H25N3O3S2. The van der Waals surface area contributed by atoms with Crippen LogP contribution in [0.5, 0.6) is 0 Å². The summed E-state index contributed by atoms with van der Waals surface area (Å²) in [7, 11) is -3.27. The second-order valence-corrected chi connectivity index (χ2v) is 10.4. The average Bonchev–Trinajstić information content (AvgIpc) is 3.00. The Labute approximate surface area is 164 Å². The Bertz CT molecular complexity index is 897. The number of benzene rings is 1. The number of rotatable bonds is 5. The number of hydrogen-bond acceptors (Lipinski definition) is 6. The van der Waals surface area contributed by atoms with Gasteiger partial charge in [0.05, 0.1) is 10.6 Å². The predicted octanol–water partition coefficient (Wildman–Crippen LogP) is 3.28. The van der Waals surface area contributed by atoms with E-state index in [0.717, 1.165) is 31.6 Å². The number of hydrogen-bond donors (Lipinski definition) is 1. The number of likely N-dealkylation sites (tertiary alicyclic amines) is 1. The largest absolute Gasteiger partial charge is 0.298 e. The van der Waals surface area contributed by atoms with Gasteiger partial charge >= 0.3 is 0 Å². The summed E-state index contributed by atoms with van der Waals surface area (Å²) in [4.78, 5) is 19.5. The maximum absolute atomic E-state index is 12.4. The molecule has 8 heteroatoms. The van der Waals surface area contributed by atoms with Crippen LogP contribution >= 0.6 is 11.3 Å². The fourth-order valence-corrected chi connectivity index (χ4v) is 4.94. The van der Waals surface area contributed by atoms with Crippen molar-refractivity contribution in [3.63, 3.8) is 0 Å². The normalized spacial score (nSPS) is 21.1. The molecule has 1 aromatic heterocycles. The number of amides is 1. The Balaban J connectivity index is 1.61. The Hall–Kier alpha value is -1.77. The minimum Gasteiger partial charge on any atom is -0.298 e. The molecule has 6 nitrogen and oxygen atoms in total. The number of carbonyl (C=O) groups is 1. The number of thiazole rings is 1. The Morgan fingerprint density at radius 1 is 1.22 bits per heavy atom. The lowest BCUT2D eigenvalue weighted by molar-refractivity contribution is 0.102. The van der Waals surface area contributed by atoms with Gasteiger partial charge < -0.3 is 0 Å². The zero-order valence-electron chi connectivity index (χ0n) is 15.8. The quantitative estimate of drug-likeness (QED) is 0.823. The number of aromatic nitrogens is 1. The van der Waals surface area contributed by atoms with E-state index >= 15 is 0 Å². The maximum Gasteiger partial charge on any atom is 0.257 e. The van der Waals surface area contributed by atoms with Gasteiger partial charge in [-0.05, 0) is 42.5 Å². The van der Waals surface area contributed by atoms with Crippen LogP contribution in [0.15, 0.2) is 34.5 Å². The van der Waals surface area contributed by atoms with Crippen molar-refractivity contribution in [3.8, 4) is 0 Å². The van der Waals surface area contributed by atoms with Crippen LogP contribution in [0.4, 0.5) is 5.13 Å². The van der Waals surface area contributed by atoms with E-state index in [-0.39, 0.29) is 10.8 Å². The van der Waals surface area contributed by atoms with E-state index < -0.39 is 9.84 Å². The number of piperidine rings is 1. The van der Waals surface area contributed by atoms with Crippen molar-refractivity contribution >= 4 is 32.2 Å². The molecule has 0 saturated carbocycles. The maximum atomic E-state index is 12.4. The summed E-state index contributed by atoms with van der Waals surface area (Å²) >= 11 is 1.40. The second kappa shape index (κ2) is 8.08. The number of carbonyl (C=O) groups excluding carboxylic acids is 1. The van der Waals surface area contributed by atoms with Crippen LogP contribution in [0.3, 0.4) is 0 Å². The highest BCUT2D eigenvalue weighted by Crippen LogP contribution is 2.24. The third kappa shape index (κ3) is 5.37. The predicted molar refractivity (Wildman–Crippen MR) is 108 cm³/mol. The van der Waals surface area contributed by atoms with Crippen LogP contribution in [0.1, 0.15) is 36.3 Å². The van der Waals surface area contributed by atoms with Crippen LogP contribution in [0, 0.1) is 11.8 Å². The van der Waals surface area contributed by atoms with E-state index in [1.54, 1.807) is 0 Å². The van der Waals surface area contributed by atoms with Crippen molar-refractivity contribution in [2.24, 2.45) is 11.8 Å². The minimum atomic E-state index is -3.27. The van der Waals surface area contributed by atoms with Gasteiger partial charge in [-0.25, -0.2) is 13.4 Å². The zero-order valence-corrected chi connectivity index (χ0v) is 17.4. The van der Waals surface area contributed by atoms with Crippen molar-refractivity contribution < 1.29 is 13.2 Å². The number of nitrogens with one attached hydrogen (secondary N) is 1. The third-order valence-electron chi connectivity index (χ3n) is 4.65. The topological polar surface area (TPSA) is 79.4 Å². The van der Waals surface area contributed by atoms with Crippen LogP contribution in [-0.4, -0.2) is 43.6 Å². The first-order valence-corrected chi connectivity index (χ1v) is 11.8. The molecule has 1 amide bonds. The first-order chi connectivity index (χ1) is 12.7. The van der Waals surface area contributed by atoms with Crippen molar-refractivity contribution in [1.29, 1.82) is 0 Å². The van der Waals surface area contributed by atoms with Gasteiger partial charge in [0, 0.05) is 36.8 Å². The minimum absolute atomic E-state index is 0.195. The number of nitrogens with zero attached hydrogens (tertiary/aromatic N) is 2. The molecule has 3 rings (SSSR count). The fourth-order valence-electron chi connectivity index (χ4n) is 3.61. The van der Waals surface area contributed by atoms with Crippen LogP contribution in [0.25, 0.3) is 0 Å². The molecule has 0 aliphatic carbocycles. The number of sulfone groups is 1. The Morgan fingerprint density at radius 3 is 2.44 bits per heavy atom. The molecule has 1 aromatic carbocycles. The molecule has 0 radical (unpaired) electrons. The van der Waals surface area contributed by atoms with Crippen LogP contribution in [0.2, 0.25) is 0 Å². The van der Waals surface area contributed by atoms with E-state index in [1.165, 1.54) is 42.0 Å². The van der Waals surface area contributed by atoms with Crippen molar-refractivity contribution in [3.05, 3.63) is 40.9 Å². The SMILES string of the molecule is CC1CC(C)CN(Cc2csc(NC(=O)c3ccc(S(C)(=O)=O)cc3)n2)C1. The van der Waals surface area contributed by atoms with Gasteiger partial charge in [0.2, 0.25) is 0 Å². The molecule has 2 aromatic rings. The zero-order chi connectivity index (χ0) is 19.6. The summed E-state index contributed by atoms with van der Waals surface area (Å²) in [6.45, 7) is 7.52. The van der Waals surface area contributed by atoms with Crippen molar-refractivity contribution in [1.82, 2.24) is 9.88 Å². The van der Waals surface area contributed by atoms with Gasteiger partial charge in [-0.2, -0.15) is 0 Å². The van der Waals surface area contributed by atoms with Gasteiger partial charge in [-0.1, -0.05) is 13.8 Å². The molecule has 0 bridgehead atoms. The lowest BCUT2D eigenvalue weighted by atomic mass is 9.92. The van der Waals surface area contributed by atoms with Gasteiger partial charge in [0.15, 0.2) is 15.0 Å². The Morgan fingerprint density at radius 2 is 1.85 bits per heavy atom. The number of anilines is 1. The highest BCUT2D eigenvalue weighted by Gasteiger charge is 2.22. The average molecular weight is 408 g/mol. The molecular weight excluding hydrogens is 382 g/mol. The summed E-state index contributed by atoms with van der Waals surface area (Å²) in [6.07, 6.45) is 2.41. The monoisotopic (exact) mass is 407 g/mol. The third-order valence-corrected chi connectivity index (χ3v) is 6.58. The molecule has 1 aliphatic heterocycles. The van der Waals surface area contributed by atoms with Crippen LogP contribution in [-0.2, 0) is 16.4 Å². The van der Waals surface area contributed by atoms with Gasteiger partial charge in [0.1, 0.15) is 0 Å². The van der Waals surface area contributed by atoms with E-state index in [0.29, 0.717) is 22.5 Å². The van der Waals surface area contributed by atoms with Gasteiger partial charge in [0.25, 0.3) is 5.91 Å². The first-order valence-electron chi connectivity index (χ1n) is 8.99. The molecule has 27 heavy (non-hydrogen) atoms. The molecule has 2 heterocycles. The molecule has 1 N–H and O–H groups in total. The molecule has 2 atom stereocenters. The van der Waals surface area contributed by atoms with E-state index in [2.05, 4.69) is 29.0 Å². The molecule has 0 spiro atoms. The molecule has 146 valence electrons. The molecule has 1 saturated heterocycles. The summed E-state index contributed by atoms with van der Waals surface area (Å²) in [5, 5.41) is 5.33. The van der Waals surface area contributed by atoms with Crippen LogP contribution < -0.4 is 5.32 Å². The fraction of sp³-hybridized carbons (Fsp3) is 0.474. The highest BCUT2D eigenvalue weighted by atomic mass is 32.2. The van der Waals surface area contributed by atoms with E-state index in [4.69, 9.17) is 0 Å². The summed E-state index contributed by atoms with van der Waals surface area (Å²) < 4.78 is 23.0. The highest BCUT2D eigenvalue weighted by molar-refractivity contribution is 7.90.